The Kier molecular flexibility index (Phi) is 8.00. The number of halogens is 1. The molecule has 160 valence electrons. The Morgan fingerprint density at radius 3 is 2.55 bits per heavy atom. The zero-order valence-corrected chi connectivity index (χ0v) is 17.8. The van der Waals surface area contributed by atoms with Gasteiger partial charge in [-0.25, -0.2) is 13.2 Å². The monoisotopic (exact) mass is 445 g/mol. The number of piperidine rings is 1. The van der Waals surface area contributed by atoms with Crippen molar-refractivity contribution in [2.24, 2.45) is 5.92 Å². The van der Waals surface area contributed by atoms with Crippen LogP contribution in [0.1, 0.15) is 26.7 Å². The lowest BCUT2D eigenvalue weighted by Crippen LogP contribution is -2.46. The second kappa shape index (κ2) is 10.0. The van der Waals surface area contributed by atoms with Crippen LogP contribution < -0.4 is 10.6 Å². The second-order valence-electron chi connectivity index (χ2n) is 6.58. The highest BCUT2D eigenvalue weighted by molar-refractivity contribution is 7.89. The summed E-state index contributed by atoms with van der Waals surface area (Å²) in [4.78, 5) is 35.8. The van der Waals surface area contributed by atoms with Crippen LogP contribution in [0, 0.1) is 5.92 Å². The molecule has 0 saturated carbocycles. The first-order valence-corrected chi connectivity index (χ1v) is 11.0. The van der Waals surface area contributed by atoms with Crippen LogP contribution in [0.25, 0.3) is 0 Å². The molecule has 1 aliphatic heterocycles. The van der Waals surface area contributed by atoms with Gasteiger partial charge >= 0.3 is 12.0 Å². The third kappa shape index (κ3) is 6.15. The summed E-state index contributed by atoms with van der Waals surface area (Å²) in [6.07, 6.45) is -0.268. The van der Waals surface area contributed by atoms with Gasteiger partial charge in [-0.15, -0.1) is 0 Å². The van der Waals surface area contributed by atoms with E-state index < -0.39 is 40.0 Å². The van der Waals surface area contributed by atoms with Crippen molar-refractivity contribution < 1.29 is 27.5 Å². The van der Waals surface area contributed by atoms with Crippen LogP contribution in [0.2, 0.25) is 5.02 Å². The molecule has 0 unspecified atom stereocenters. The molecule has 11 heteroatoms. The molecule has 0 aliphatic carbocycles. The zero-order chi connectivity index (χ0) is 21.6. The van der Waals surface area contributed by atoms with E-state index in [4.69, 9.17) is 16.3 Å². The SMILES string of the molecule is CCNC(=O)NC(=O)[C@H](C)OC(=O)[C@@H]1CCCN(S(=O)(=O)c2ccc(Cl)cc2)C1. The predicted octanol–water partition coefficient (Wildman–Crippen LogP) is 1.52. The van der Waals surface area contributed by atoms with Gasteiger partial charge in [0.25, 0.3) is 5.91 Å². The lowest BCUT2D eigenvalue weighted by Gasteiger charge is -2.31. The molecule has 1 aliphatic rings. The van der Waals surface area contributed by atoms with Crippen LogP contribution in [-0.2, 0) is 24.3 Å². The molecular weight excluding hydrogens is 422 g/mol. The van der Waals surface area contributed by atoms with Gasteiger partial charge in [-0.3, -0.25) is 14.9 Å². The lowest BCUT2D eigenvalue weighted by molar-refractivity contribution is -0.159. The Hall–Kier alpha value is -2.17. The van der Waals surface area contributed by atoms with Crippen molar-refractivity contribution >= 4 is 39.5 Å². The fourth-order valence-electron chi connectivity index (χ4n) is 2.85. The molecule has 1 fully saturated rings. The van der Waals surface area contributed by atoms with Gasteiger partial charge in [-0.2, -0.15) is 4.31 Å². The van der Waals surface area contributed by atoms with Crippen molar-refractivity contribution in [3.8, 4) is 0 Å². The van der Waals surface area contributed by atoms with E-state index in [0.717, 1.165) is 0 Å². The number of esters is 1. The predicted molar refractivity (Wildman–Crippen MR) is 106 cm³/mol. The summed E-state index contributed by atoms with van der Waals surface area (Å²) in [6, 6.07) is 5.11. The van der Waals surface area contributed by atoms with Gasteiger partial charge in [-0.05, 0) is 51.0 Å². The number of hydrogen-bond acceptors (Lipinski definition) is 6. The third-order valence-corrected chi connectivity index (χ3v) is 6.54. The zero-order valence-electron chi connectivity index (χ0n) is 16.2. The van der Waals surface area contributed by atoms with Gasteiger partial charge in [0.2, 0.25) is 10.0 Å². The van der Waals surface area contributed by atoms with Crippen molar-refractivity contribution in [1.29, 1.82) is 0 Å². The smallest absolute Gasteiger partial charge is 0.321 e. The molecule has 1 saturated heterocycles. The number of rotatable bonds is 6. The van der Waals surface area contributed by atoms with Crippen molar-refractivity contribution in [2.45, 2.75) is 37.7 Å². The first-order chi connectivity index (χ1) is 13.6. The highest BCUT2D eigenvalue weighted by Gasteiger charge is 2.35. The number of carbonyl (C=O) groups is 3. The van der Waals surface area contributed by atoms with E-state index in [1.54, 1.807) is 6.92 Å². The molecule has 0 radical (unpaired) electrons. The third-order valence-electron chi connectivity index (χ3n) is 4.41. The minimum Gasteiger partial charge on any atom is -0.452 e. The van der Waals surface area contributed by atoms with E-state index in [2.05, 4.69) is 10.6 Å². The first-order valence-electron chi connectivity index (χ1n) is 9.20. The molecular formula is C18H24ClN3O6S. The number of carbonyl (C=O) groups excluding carboxylic acids is 3. The number of urea groups is 1. The normalized spacial score (nSPS) is 18.5. The summed E-state index contributed by atoms with van der Waals surface area (Å²) in [5, 5.41) is 4.88. The Morgan fingerprint density at radius 2 is 1.93 bits per heavy atom. The highest BCUT2D eigenvalue weighted by atomic mass is 35.5. The second-order valence-corrected chi connectivity index (χ2v) is 8.96. The fraction of sp³-hybridized carbons (Fsp3) is 0.500. The molecule has 9 nitrogen and oxygen atoms in total. The van der Waals surface area contributed by atoms with E-state index in [-0.39, 0.29) is 18.0 Å². The number of hydrogen-bond donors (Lipinski definition) is 2. The van der Waals surface area contributed by atoms with Gasteiger partial charge in [0.05, 0.1) is 10.8 Å². The summed E-state index contributed by atoms with van der Waals surface area (Å²) >= 11 is 5.81. The van der Waals surface area contributed by atoms with Crippen molar-refractivity contribution in [3.63, 3.8) is 0 Å². The molecule has 0 bridgehead atoms. The van der Waals surface area contributed by atoms with Gasteiger partial charge in [0.1, 0.15) is 0 Å². The molecule has 29 heavy (non-hydrogen) atoms. The van der Waals surface area contributed by atoms with E-state index >= 15 is 0 Å². The van der Waals surface area contributed by atoms with E-state index in [0.29, 0.717) is 24.4 Å². The Balaban J connectivity index is 1.99. The number of nitrogens with zero attached hydrogens (tertiary/aromatic N) is 1. The highest BCUT2D eigenvalue weighted by Crippen LogP contribution is 2.25. The molecule has 0 aromatic heterocycles. The summed E-state index contributed by atoms with van der Waals surface area (Å²) in [5.74, 6) is -2.14. The van der Waals surface area contributed by atoms with Crippen LogP contribution >= 0.6 is 11.6 Å². The largest absolute Gasteiger partial charge is 0.452 e. The van der Waals surface area contributed by atoms with Crippen LogP contribution in [0.3, 0.4) is 0 Å². The van der Waals surface area contributed by atoms with Gasteiger partial charge < -0.3 is 10.1 Å². The fourth-order valence-corrected chi connectivity index (χ4v) is 4.50. The number of imide groups is 1. The summed E-state index contributed by atoms with van der Waals surface area (Å²) in [7, 11) is -3.78. The van der Waals surface area contributed by atoms with Gasteiger partial charge in [0, 0.05) is 24.7 Å². The van der Waals surface area contributed by atoms with Crippen molar-refractivity contribution in [1.82, 2.24) is 14.9 Å². The first kappa shape index (κ1) is 23.1. The van der Waals surface area contributed by atoms with Gasteiger partial charge in [0.15, 0.2) is 6.10 Å². The standard InChI is InChI=1S/C18H24ClN3O6S/c1-3-20-18(25)21-16(23)12(2)28-17(24)13-5-4-10-22(11-13)29(26,27)15-8-6-14(19)7-9-15/h6-9,12-13H,3-5,10-11H2,1-2H3,(H2,20,21,23,25)/t12-,13+/m0/s1. The van der Waals surface area contributed by atoms with Crippen molar-refractivity contribution in [2.75, 3.05) is 19.6 Å². The molecule has 0 spiro atoms. The number of sulfonamides is 1. The number of ether oxygens (including phenoxy) is 1. The van der Waals surface area contributed by atoms with E-state index in [9.17, 15) is 22.8 Å². The van der Waals surface area contributed by atoms with Gasteiger partial charge in [-0.1, -0.05) is 11.6 Å². The average molecular weight is 446 g/mol. The number of nitrogens with one attached hydrogen (secondary N) is 2. The molecule has 2 atom stereocenters. The molecule has 1 aromatic rings. The van der Waals surface area contributed by atoms with E-state index in [1.807, 2.05) is 0 Å². The Bertz CT molecular complexity index is 859. The maximum absolute atomic E-state index is 12.8. The molecule has 2 rings (SSSR count). The topological polar surface area (TPSA) is 122 Å². The maximum Gasteiger partial charge on any atom is 0.321 e. The van der Waals surface area contributed by atoms with Crippen LogP contribution in [0.15, 0.2) is 29.2 Å². The Morgan fingerprint density at radius 1 is 1.28 bits per heavy atom. The molecule has 2 N–H and O–H groups in total. The average Bonchev–Trinajstić information content (AvgIpc) is 2.68. The van der Waals surface area contributed by atoms with E-state index in [1.165, 1.54) is 35.5 Å². The summed E-state index contributed by atoms with van der Waals surface area (Å²) in [5.41, 5.74) is 0. The Labute approximate surface area is 174 Å². The van der Waals surface area contributed by atoms with Crippen molar-refractivity contribution in [3.05, 3.63) is 29.3 Å². The number of benzene rings is 1. The quantitative estimate of drug-likeness (QED) is 0.640. The minimum absolute atomic E-state index is 0.0472. The van der Waals surface area contributed by atoms with Crippen LogP contribution in [-0.4, -0.2) is 56.4 Å². The molecule has 1 heterocycles. The van der Waals surface area contributed by atoms with Crippen LogP contribution in [0.4, 0.5) is 4.79 Å². The number of amides is 3. The minimum atomic E-state index is -3.78. The molecule has 3 amide bonds. The van der Waals surface area contributed by atoms with Crippen LogP contribution in [0.5, 0.6) is 0 Å². The lowest BCUT2D eigenvalue weighted by atomic mass is 10.00. The molecule has 1 aromatic carbocycles. The maximum atomic E-state index is 12.8. The summed E-state index contributed by atoms with van der Waals surface area (Å²) < 4.78 is 32.0. The summed E-state index contributed by atoms with van der Waals surface area (Å²) in [6.45, 7) is 3.61.